The van der Waals surface area contributed by atoms with E-state index in [0.29, 0.717) is 23.9 Å². The molecule has 2 aromatic carbocycles. The number of rotatable bonds is 8. The molecule has 12 heteroatoms. The number of H-pyrrole nitrogens is 1. The molecule has 1 saturated carbocycles. The first-order valence-electron chi connectivity index (χ1n) is 10.9. The van der Waals surface area contributed by atoms with Gasteiger partial charge in [-0.05, 0) is 49.1 Å². The van der Waals surface area contributed by atoms with E-state index in [2.05, 4.69) is 20.3 Å². The summed E-state index contributed by atoms with van der Waals surface area (Å²) >= 11 is 0. The van der Waals surface area contributed by atoms with Crippen LogP contribution in [0.25, 0.3) is 11.0 Å². The van der Waals surface area contributed by atoms with Crippen molar-refractivity contribution in [3.8, 4) is 6.07 Å². The molecule has 3 N–H and O–H groups in total. The highest BCUT2D eigenvalue weighted by atomic mass is 32.2. The van der Waals surface area contributed by atoms with E-state index >= 15 is 4.39 Å². The molecule has 0 unspecified atom stereocenters. The average molecular weight is 509 g/mol. The fraction of sp³-hybridized carbons (Fsp3) is 0.167. The minimum absolute atomic E-state index is 0.0663. The maximum atomic E-state index is 15.4. The number of carbonyl (C=O) groups is 1. The van der Waals surface area contributed by atoms with Gasteiger partial charge in [0.1, 0.15) is 23.6 Å². The van der Waals surface area contributed by atoms with Crippen molar-refractivity contribution in [3.05, 3.63) is 77.2 Å². The van der Waals surface area contributed by atoms with Gasteiger partial charge in [0.05, 0.1) is 38.7 Å². The van der Waals surface area contributed by atoms with Crippen molar-refractivity contribution in [2.75, 3.05) is 16.6 Å². The molecule has 4 aromatic rings. The molecular weight excluding hydrogens is 490 g/mol. The number of hydrogen-bond acceptors (Lipinski definition) is 7. The fourth-order valence-corrected chi connectivity index (χ4v) is 4.85. The Hall–Kier alpha value is -4.37. The van der Waals surface area contributed by atoms with E-state index in [-0.39, 0.29) is 21.4 Å². The molecular formula is C24H18F2N6O3S. The van der Waals surface area contributed by atoms with Crippen molar-refractivity contribution >= 4 is 38.3 Å². The van der Waals surface area contributed by atoms with E-state index in [4.69, 9.17) is 5.26 Å². The van der Waals surface area contributed by atoms with Gasteiger partial charge in [0, 0.05) is 12.7 Å². The molecule has 182 valence electrons. The lowest BCUT2D eigenvalue weighted by atomic mass is 10.0. The number of nitrogens with one attached hydrogen (secondary N) is 3. The summed E-state index contributed by atoms with van der Waals surface area (Å²) in [5.41, 5.74) is -1.23. The summed E-state index contributed by atoms with van der Waals surface area (Å²) < 4.78 is 57.8. The van der Waals surface area contributed by atoms with Gasteiger partial charge < -0.3 is 10.3 Å². The highest BCUT2D eigenvalue weighted by Gasteiger charge is 2.28. The Morgan fingerprint density at radius 1 is 1.19 bits per heavy atom. The Morgan fingerprint density at radius 2 is 2.00 bits per heavy atom. The van der Waals surface area contributed by atoms with Crippen molar-refractivity contribution in [2.45, 2.75) is 17.7 Å². The van der Waals surface area contributed by atoms with Gasteiger partial charge in [-0.2, -0.15) is 5.26 Å². The molecule has 0 atom stereocenters. The first-order chi connectivity index (χ1) is 17.3. The lowest BCUT2D eigenvalue weighted by Gasteiger charge is -2.12. The number of sulfonamides is 1. The fourth-order valence-electron chi connectivity index (χ4n) is 3.75. The second-order valence-electron chi connectivity index (χ2n) is 8.33. The van der Waals surface area contributed by atoms with Crippen LogP contribution in [0.3, 0.4) is 0 Å². The molecule has 0 bridgehead atoms. The number of fused-ring (bicyclic) bond motifs is 1. The van der Waals surface area contributed by atoms with Crippen LogP contribution >= 0.6 is 0 Å². The summed E-state index contributed by atoms with van der Waals surface area (Å²) in [6.07, 6.45) is 4.76. The Bertz CT molecular complexity index is 1660. The number of anilines is 2. The number of carbonyl (C=O) groups excluding carboxylic acids is 1. The molecule has 9 nitrogen and oxygen atoms in total. The zero-order valence-corrected chi connectivity index (χ0v) is 19.4. The Labute approximate surface area is 204 Å². The molecule has 1 aliphatic rings. The van der Waals surface area contributed by atoms with Crippen molar-refractivity contribution in [3.63, 3.8) is 0 Å². The predicted octanol–water partition coefficient (Wildman–Crippen LogP) is 3.96. The van der Waals surface area contributed by atoms with E-state index in [1.54, 1.807) is 0 Å². The van der Waals surface area contributed by atoms with Crippen LogP contribution in [0.5, 0.6) is 0 Å². The lowest BCUT2D eigenvalue weighted by Crippen LogP contribution is -2.16. The normalized spacial score (nSPS) is 13.4. The number of halogens is 2. The highest BCUT2D eigenvalue weighted by Crippen LogP contribution is 2.32. The van der Waals surface area contributed by atoms with Gasteiger partial charge >= 0.3 is 0 Å². The summed E-state index contributed by atoms with van der Waals surface area (Å²) in [6, 6.07) is 8.60. The molecule has 1 fully saturated rings. The number of aromatic amines is 1. The molecule has 0 aliphatic heterocycles. The monoisotopic (exact) mass is 508 g/mol. The molecule has 0 amide bonds. The van der Waals surface area contributed by atoms with Gasteiger partial charge in [-0.1, -0.05) is 6.07 Å². The van der Waals surface area contributed by atoms with Crippen LogP contribution in [0.2, 0.25) is 0 Å². The topological polar surface area (TPSA) is 141 Å². The van der Waals surface area contributed by atoms with Crippen LogP contribution in [-0.4, -0.2) is 35.7 Å². The maximum absolute atomic E-state index is 15.4. The minimum Gasteiger partial charge on any atom is -0.369 e. The summed E-state index contributed by atoms with van der Waals surface area (Å²) in [6.45, 7) is 0.637. The number of aromatic nitrogens is 3. The zero-order chi connectivity index (χ0) is 25.4. The molecule has 0 saturated heterocycles. The second-order valence-corrected chi connectivity index (χ2v) is 10.0. The summed E-state index contributed by atoms with van der Waals surface area (Å²) in [7, 11) is -4.34. The largest absolute Gasteiger partial charge is 0.369 e. The SMILES string of the molecule is N#Cc1cccc(S(=O)(=O)Nc2ccc(F)c(C(=O)c3c[nH]c4ncnc(NCC5CC5)c34)c2F)c1. The van der Waals surface area contributed by atoms with Crippen LogP contribution in [0.1, 0.15) is 34.3 Å². The molecule has 0 radical (unpaired) electrons. The first kappa shape index (κ1) is 23.4. The quantitative estimate of drug-likeness (QED) is 0.306. The summed E-state index contributed by atoms with van der Waals surface area (Å²) in [4.78, 5) is 24.1. The third-order valence-corrected chi connectivity index (χ3v) is 7.17. The molecule has 0 spiro atoms. The molecule has 5 rings (SSSR count). The van der Waals surface area contributed by atoms with Gasteiger partial charge in [-0.3, -0.25) is 9.52 Å². The van der Waals surface area contributed by atoms with E-state index < -0.39 is 38.7 Å². The van der Waals surface area contributed by atoms with Gasteiger partial charge in [0.15, 0.2) is 5.82 Å². The second kappa shape index (κ2) is 9.01. The third-order valence-electron chi connectivity index (χ3n) is 5.81. The van der Waals surface area contributed by atoms with Crippen molar-refractivity contribution < 1.29 is 22.0 Å². The Kier molecular flexibility index (Phi) is 5.85. The van der Waals surface area contributed by atoms with Gasteiger partial charge in [-0.15, -0.1) is 0 Å². The zero-order valence-electron chi connectivity index (χ0n) is 18.5. The van der Waals surface area contributed by atoms with E-state index in [9.17, 15) is 17.6 Å². The summed E-state index contributed by atoms with van der Waals surface area (Å²) in [5, 5.41) is 12.5. The number of nitriles is 1. The Balaban J connectivity index is 1.52. The van der Waals surface area contributed by atoms with Crippen LogP contribution in [0.4, 0.5) is 20.3 Å². The average Bonchev–Trinajstić information content (AvgIpc) is 3.60. The predicted molar refractivity (Wildman–Crippen MR) is 127 cm³/mol. The van der Waals surface area contributed by atoms with Crippen molar-refractivity contribution in [1.29, 1.82) is 5.26 Å². The van der Waals surface area contributed by atoms with Crippen LogP contribution in [-0.2, 0) is 10.0 Å². The van der Waals surface area contributed by atoms with Gasteiger partial charge in [0.25, 0.3) is 10.0 Å². The molecule has 1 aliphatic carbocycles. The van der Waals surface area contributed by atoms with Crippen LogP contribution < -0.4 is 10.0 Å². The number of hydrogen-bond donors (Lipinski definition) is 3. The van der Waals surface area contributed by atoms with Crippen molar-refractivity contribution in [1.82, 2.24) is 15.0 Å². The molecule has 36 heavy (non-hydrogen) atoms. The minimum atomic E-state index is -4.34. The molecule has 2 heterocycles. The van der Waals surface area contributed by atoms with E-state index in [1.807, 2.05) is 10.8 Å². The maximum Gasteiger partial charge on any atom is 0.262 e. The standard InChI is InChI=1S/C24H18F2N6O3S/c25-17-6-7-18(32-36(34,35)15-3-1-2-14(8-15)9-27)21(26)20(17)22(33)16-11-29-24-19(16)23(30-12-31-24)28-10-13-4-5-13/h1-3,6-8,11-13,32H,4-5,10H2,(H2,28,29,30,31). The number of nitrogens with zero attached hydrogens (tertiary/aromatic N) is 3. The highest BCUT2D eigenvalue weighted by molar-refractivity contribution is 7.92. The summed E-state index contributed by atoms with van der Waals surface area (Å²) in [5.74, 6) is -2.69. The third kappa shape index (κ3) is 4.36. The van der Waals surface area contributed by atoms with Crippen molar-refractivity contribution in [2.24, 2.45) is 5.92 Å². The Morgan fingerprint density at radius 3 is 2.75 bits per heavy atom. The lowest BCUT2D eigenvalue weighted by molar-refractivity contribution is 0.103. The first-order valence-corrected chi connectivity index (χ1v) is 12.4. The van der Waals surface area contributed by atoms with E-state index in [0.717, 1.165) is 31.0 Å². The van der Waals surface area contributed by atoms with E-state index in [1.165, 1.54) is 30.7 Å². The van der Waals surface area contributed by atoms with Crippen LogP contribution in [0, 0.1) is 28.9 Å². The smallest absolute Gasteiger partial charge is 0.262 e. The number of benzene rings is 2. The van der Waals surface area contributed by atoms with Gasteiger partial charge in [-0.25, -0.2) is 27.2 Å². The van der Waals surface area contributed by atoms with Crippen LogP contribution in [0.15, 0.2) is 53.8 Å². The number of ketones is 1. The molecule has 2 aromatic heterocycles. The van der Waals surface area contributed by atoms with Gasteiger partial charge in [0.2, 0.25) is 5.78 Å².